The second-order valence-corrected chi connectivity index (χ2v) is 9.68. The fourth-order valence-corrected chi connectivity index (χ4v) is 6.19. The van der Waals surface area contributed by atoms with Crippen LogP contribution in [0, 0.1) is 22.7 Å². The molecule has 3 fully saturated rings. The number of hydrogen-bond acceptors (Lipinski definition) is 4. The Hall–Kier alpha value is -1.13. The maximum absolute atomic E-state index is 11.3. The quantitative estimate of drug-likeness (QED) is 0.375. The van der Waals surface area contributed by atoms with E-state index in [1.807, 2.05) is 0 Å². The Labute approximate surface area is 164 Å². The molecule has 1 aliphatic heterocycles. The van der Waals surface area contributed by atoms with Gasteiger partial charge in [-0.1, -0.05) is 39.3 Å². The smallest absolute Gasteiger partial charge is 0.307 e. The first-order valence-corrected chi connectivity index (χ1v) is 10.4. The minimum Gasteiger partial charge on any atom is -0.435 e. The first kappa shape index (κ1) is 20.6. The van der Waals surface area contributed by atoms with Crippen LogP contribution in [0.3, 0.4) is 0 Å². The standard InChI is InChI=1S/C23H36O4/c1-15-8-9-20-22(3,4)10-7-11-23(20,5)18(15)13-19-17(14-26-16(2)24)12-21(25-6)27-19/h14,18-21H,1,7-13H2,2-6H3/b17-14+/t18-,19+,20-,21+,23+/m1/s1. The highest BCUT2D eigenvalue weighted by Crippen LogP contribution is 2.62. The minimum absolute atomic E-state index is 0.0725. The molecule has 27 heavy (non-hydrogen) atoms. The highest BCUT2D eigenvalue weighted by molar-refractivity contribution is 5.66. The second-order valence-electron chi connectivity index (χ2n) is 9.68. The molecule has 152 valence electrons. The highest BCUT2D eigenvalue weighted by atomic mass is 16.7. The zero-order chi connectivity index (χ0) is 19.8. The van der Waals surface area contributed by atoms with Gasteiger partial charge in [0.2, 0.25) is 0 Å². The van der Waals surface area contributed by atoms with Gasteiger partial charge in [0.25, 0.3) is 0 Å². The van der Waals surface area contributed by atoms with Crippen molar-refractivity contribution in [3.05, 3.63) is 24.0 Å². The topological polar surface area (TPSA) is 44.8 Å². The molecular weight excluding hydrogens is 340 g/mol. The molecule has 3 aliphatic rings. The van der Waals surface area contributed by atoms with E-state index < -0.39 is 0 Å². The van der Waals surface area contributed by atoms with Gasteiger partial charge in [-0.3, -0.25) is 4.79 Å². The summed E-state index contributed by atoms with van der Waals surface area (Å²) in [7, 11) is 1.66. The predicted octanol–water partition coefficient (Wildman–Crippen LogP) is 5.38. The van der Waals surface area contributed by atoms with Crippen molar-refractivity contribution in [3.63, 3.8) is 0 Å². The van der Waals surface area contributed by atoms with Crippen molar-refractivity contribution >= 4 is 5.97 Å². The Balaban J connectivity index is 1.84. The summed E-state index contributed by atoms with van der Waals surface area (Å²) in [6.07, 6.45) is 9.02. The van der Waals surface area contributed by atoms with Crippen molar-refractivity contribution in [2.75, 3.05) is 7.11 Å². The van der Waals surface area contributed by atoms with E-state index in [9.17, 15) is 4.79 Å². The highest BCUT2D eigenvalue weighted by Gasteiger charge is 2.53. The van der Waals surface area contributed by atoms with E-state index in [1.165, 1.54) is 38.2 Å². The molecule has 0 bridgehead atoms. The summed E-state index contributed by atoms with van der Waals surface area (Å²) in [5, 5.41) is 0. The number of fused-ring (bicyclic) bond motifs is 1. The third-order valence-electron chi connectivity index (χ3n) is 7.54. The molecule has 0 unspecified atom stereocenters. The van der Waals surface area contributed by atoms with Crippen LogP contribution in [0.4, 0.5) is 0 Å². The van der Waals surface area contributed by atoms with Crippen molar-refractivity contribution in [2.24, 2.45) is 22.7 Å². The summed E-state index contributed by atoms with van der Waals surface area (Å²) < 4.78 is 16.8. The Morgan fingerprint density at radius 3 is 2.74 bits per heavy atom. The van der Waals surface area contributed by atoms with Gasteiger partial charge >= 0.3 is 5.97 Å². The lowest BCUT2D eigenvalue weighted by atomic mass is 9.47. The summed E-state index contributed by atoms with van der Waals surface area (Å²) in [4.78, 5) is 11.3. The fourth-order valence-electron chi connectivity index (χ4n) is 6.19. The van der Waals surface area contributed by atoms with Crippen LogP contribution >= 0.6 is 0 Å². The molecule has 2 saturated carbocycles. The van der Waals surface area contributed by atoms with Crippen LogP contribution in [0.2, 0.25) is 0 Å². The van der Waals surface area contributed by atoms with Crippen molar-refractivity contribution < 1.29 is 19.0 Å². The third-order valence-corrected chi connectivity index (χ3v) is 7.54. The van der Waals surface area contributed by atoms with E-state index >= 15 is 0 Å². The first-order valence-electron chi connectivity index (χ1n) is 10.4. The summed E-state index contributed by atoms with van der Waals surface area (Å²) in [6.45, 7) is 13.3. The minimum atomic E-state index is -0.301. The monoisotopic (exact) mass is 376 g/mol. The van der Waals surface area contributed by atoms with Gasteiger partial charge in [-0.15, -0.1) is 0 Å². The lowest BCUT2D eigenvalue weighted by molar-refractivity contribution is -0.135. The molecule has 3 rings (SSSR count). The van der Waals surface area contributed by atoms with E-state index in [0.717, 1.165) is 24.3 Å². The fraction of sp³-hybridized carbons (Fsp3) is 0.783. The van der Waals surface area contributed by atoms with Gasteiger partial charge in [0.15, 0.2) is 6.29 Å². The molecule has 0 aromatic carbocycles. The number of methoxy groups -OCH3 is 1. The maximum atomic E-state index is 11.3. The van der Waals surface area contributed by atoms with Crippen LogP contribution in [0.15, 0.2) is 24.0 Å². The Morgan fingerprint density at radius 2 is 2.07 bits per heavy atom. The van der Waals surface area contributed by atoms with E-state index in [1.54, 1.807) is 13.4 Å². The van der Waals surface area contributed by atoms with Crippen LogP contribution in [0.5, 0.6) is 0 Å². The number of allylic oxidation sites excluding steroid dienone is 1. The van der Waals surface area contributed by atoms with Crippen LogP contribution in [0.25, 0.3) is 0 Å². The average Bonchev–Trinajstić information content (AvgIpc) is 2.97. The summed E-state index contributed by atoms with van der Waals surface area (Å²) in [5.41, 5.74) is 3.03. The van der Waals surface area contributed by atoms with Gasteiger partial charge in [-0.2, -0.15) is 0 Å². The van der Waals surface area contributed by atoms with Crippen molar-refractivity contribution in [3.8, 4) is 0 Å². The lowest BCUT2D eigenvalue weighted by Crippen LogP contribution is -2.50. The van der Waals surface area contributed by atoms with Gasteiger partial charge in [0, 0.05) is 20.5 Å². The second kappa shape index (κ2) is 7.71. The molecule has 2 aliphatic carbocycles. The van der Waals surface area contributed by atoms with Gasteiger partial charge < -0.3 is 14.2 Å². The predicted molar refractivity (Wildman–Crippen MR) is 106 cm³/mol. The van der Waals surface area contributed by atoms with Crippen LogP contribution in [-0.2, 0) is 19.0 Å². The van der Waals surface area contributed by atoms with Gasteiger partial charge in [0.1, 0.15) is 0 Å². The van der Waals surface area contributed by atoms with Crippen LogP contribution < -0.4 is 0 Å². The number of esters is 1. The van der Waals surface area contributed by atoms with E-state index in [4.69, 9.17) is 14.2 Å². The number of ether oxygens (including phenoxy) is 3. The van der Waals surface area contributed by atoms with Gasteiger partial charge in [-0.25, -0.2) is 0 Å². The molecular formula is C23H36O4. The number of carbonyl (C=O) groups excluding carboxylic acids is 1. The molecule has 0 spiro atoms. The summed E-state index contributed by atoms with van der Waals surface area (Å²) in [6, 6.07) is 0. The molecule has 0 aromatic heterocycles. The zero-order valence-electron chi connectivity index (χ0n) is 17.7. The molecule has 0 N–H and O–H groups in total. The van der Waals surface area contributed by atoms with E-state index in [-0.39, 0.29) is 23.8 Å². The molecule has 1 heterocycles. The first-order chi connectivity index (χ1) is 12.7. The van der Waals surface area contributed by atoms with Crippen molar-refractivity contribution in [1.29, 1.82) is 0 Å². The summed E-state index contributed by atoms with van der Waals surface area (Å²) >= 11 is 0. The largest absolute Gasteiger partial charge is 0.435 e. The van der Waals surface area contributed by atoms with E-state index in [2.05, 4.69) is 27.4 Å². The van der Waals surface area contributed by atoms with Gasteiger partial charge in [0.05, 0.1) is 12.4 Å². The molecule has 4 nitrogen and oxygen atoms in total. The third kappa shape index (κ3) is 4.02. The number of rotatable bonds is 4. The lowest BCUT2D eigenvalue weighted by Gasteiger charge is -2.58. The molecule has 0 radical (unpaired) electrons. The molecule has 0 amide bonds. The zero-order valence-corrected chi connectivity index (χ0v) is 17.7. The Morgan fingerprint density at radius 1 is 1.33 bits per heavy atom. The SMILES string of the molecule is C=C1CC[C@@H]2C(C)(C)CCC[C@@]2(C)[C@@H]1C[C@@H]1O[C@H](OC)C/C1=C\OC(C)=O. The number of carbonyl (C=O) groups is 1. The average molecular weight is 377 g/mol. The van der Waals surface area contributed by atoms with Crippen molar-refractivity contribution in [1.82, 2.24) is 0 Å². The summed E-state index contributed by atoms with van der Waals surface area (Å²) in [5.74, 6) is 0.845. The molecule has 4 heteroatoms. The van der Waals surface area contributed by atoms with Crippen molar-refractivity contribution in [2.45, 2.75) is 85.0 Å². The number of hydrogen-bond donors (Lipinski definition) is 0. The normalized spacial score (nSPS) is 40.0. The van der Waals surface area contributed by atoms with E-state index in [0.29, 0.717) is 17.8 Å². The molecule has 5 atom stereocenters. The van der Waals surface area contributed by atoms with Crippen LogP contribution in [0.1, 0.15) is 72.6 Å². The molecule has 0 aromatic rings. The maximum Gasteiger partial charge on any atom is 0.307 e. The Bertz CT molecular complexity index is 620. The molecule has 1 saturated heterocycles. The van der Waals surface area contributed by atoms with Gasteiger partial charge in [-0.05, 0) is 60.3 Å². The Kier molecular flexibility index (Phi) is 5.88. The van der Waals surface area contributed by atoms with Crippen LogP contribution in [-0.4, -0.2) is 25.5 Å².